The van der Waals surface area contributed by atoms with Crippen molar-refractivity contribution in [1.29, 1.82) is 0 Å². The first kappa shape index (κ1) is 15.7. The molecule has 0 aliphatic heterocycles. The maximum Gasteiger partial charge on any atom is 0.189 e. The quantitative estimate of drug-likeness (QED) is 0.400. The van der Waals surface area contributed by atoms with Crippen LogP contribution in [0.4, 0.5) is 5.82 Å². The molecule has 1 aromatic heterocycles. The monoisotopic (exact) mass is 309 g/mol. The Kier molecular flexibility index (Phi) is 7.03. The van der Waals surface area contributed by atoms with Crippen molar-refractivity contribution < 1.29 is 32.7 Å². The minimum atomic E-state index is 0. The number of hydrogen-bond acceptors (Lipinski definition) is 5. The summed E-state index contributed by atoms with van der Waals surface area (Å²) in [5.74, 6) is 0.766. The summed E-state index contributed by atoms with van der Waals surface area (Å²) in [5, 5.41) is 3.50. The fourth-order valence-electron chi connectivity index (χ4n) is 0.970. The van der Waals surface area contributed by atoms with E-state index < -0.39 is 0 Å². The fraction of sp³-hybridized carbons (Fsp3) is 0.300. The van der Waals surface area contributed by atoms with E-state index in [1.165, 1.54) is 11.8 Å². The van der Waals surface area contributed by atoms with Gasteiger partial charge in [0.2, 0.25) is 0 Å². The molecule has 0 fully saturated rings. The predicted molar refractivity (Wildman–Crippen MR) is 63.2 cm³/mol. The smallest absolute Gasteiger partial charge is 0.189 e. The molecule has 0 saturated heterocycles. The Bertz CT molecular complexity index is 406. The normalized spacial score (nSPS) is 9.19. The van der Waals surface area contributed by atoms with Crippen LogP contribution in [0.25, 0.3) is 0 Å². The predicted octanol–water partition coefficient (Wildman–Crippen LogP) is 2.08. The van der Waals surface area contributed by atoms with Gasteiger partial charge >= 0.3 is 0 Å². The van der Waals surface area contributed by atoms with Crippen molar-refractivity contribution in [2.75, 3.05) is 11.6 Å². The van der Waals surface area contributed by atoms with Gasteiger partial charge in [-0.3, -0.25) is 0 Å². The summed E-state index contributed by atoms with van der Waals surface area (Å²) >= 11 is 1.47. The van der Waals surface area contributed by atoms with Crippen LogP contribution in [-0.4, -0.2) is 22.9 Å². The molecule has 1 heterocycles. The first-order valence-electron chi connectivity index (χ1n) is 4.28. The fourth-order valence-corrected chi connectivity index (χ4v) is 1.38. The molecule has 1 rings (SSSR count). The molecule has 0 aliphatic rings. The maximum absolute atomic E-state index is 5.46. The third-order valence-corrected chi connectivity index (χ3v) is 2.48. The van der Waals surface area contributed by atoms with Gasteiger partial charge in [-0.05, 0) is 20.1 Å². The van der Waals surface area contributed by atoms with E-state index in [0.717, 1.165) is 11.3 Å². The van der Waals surface area contributed by atoms with E-state index in [1.807, 2.05) is 20.1 Å². The second-order valence-electron chi connectivity index (χ2n) is 2.91. The maximum atomic E-state index is 5.46. The van der Waals surface area contributed by atoms with Gasteiger partial charge in [0.25, 0.3) is 0 Å². The van der Waals surface area contributed by atoms with Crippen LogP contribution >= 0.6 is 11.8 Å². The van der Waals surface area contributed by atoms with Crippen molar-refractivity contribution in [2.24, 2.45) is 4.99 Å². The van der Waals surface area contributed by atoms with E-state index in [0.29, 0.717) is 11.0 Å². The molecule has 1 radical (unpaired) electrons. The summed E-state index contributed by atoms with van der Waals surface area (Å²) < 4.78 is 0. The molecule has 16 heavy (non-hydrogen) atoms. The van der Waals surface area contributed by atoms with Crippen molar-refractivity contribution in [1.82, 2.24) is 9.97 Å². The number of aryl methyl sites for hydroxylation is 1. The molecule has 83 valence electrons. The molecule has 0 atom stereocenters. The molecule has 1 N–H and O–H groups in total. The number of nitrogens with zero attached hydrogens (tertiary/aromatic N) is 3. The van der Waals surface area contributed by atoms with Crippen molar-refractivity contribution >= 4 is 24.3 Å². The minimum absolute atomic E-state index is 0. The number of aliphatic imine (C=N–C) groups is 1. The molecule has 6 heteroatoms. The Morgan fingerprint density at radius 2 is 2.00 bits per heavy atom. The third kappa shape index (κ3) is 3.96. The van der Waals surface area contributed by atoms with Gasteiger partial charge in [0.05, 0.1) is 0 Å². The van der Waals surface area contributed by atoms with Crippen molar-refractivity contribution in [3.8, 4) is 0 Å². The summed E-state index contributed by atoms with van der Waals surface area (Å²) in [7, 11) is 0. The Morgan fingerprint density at radius 3 is 2.50 bits per heavy atom. The van der Waals surface area contributed by atoms with E-state index >= 15 is 0 Å². The minimum Gasteiger partial charge on any atom is -0.577 e. The summed E-state index contributed by atoms with van der Waals surface area (Å²) in [6, 6.07) is 0. The van der Waals surface area contributed by atoms with E-state index in [1.54, 1.807) is 0 Å². The number of nitrogens with one attached hydrogen (secondary N) is 1. The topological polar surface area (TPSA) is 50.2 Å². The average Bonchev–Trinajstić information content (AvgIpc) is 2.24. The van der Waals surface area contributed by atoms with Gasteiger partial charge in [0.15, 0.2) is 5.16 Å². The number of rotatable bonds is 4. The number of aromatic nitrogens is 2. The van der Waals surface area contributed by atoms with Gasteiger partial charge in [-0.1, -0.05) is 11.8 Å². The zero-order chi connectivity index (χ0) is 11.4. The van der Waals surface area contributed by atoms with Crippen LogP contribution < -0.4 is 5.32 Å². The molecular weight excluding hydrogens is 297 g/mol. The van der Waals surface area contributed by atoms with Crippen LogP contribution in [0.3, 0.4) is 0 Å². The second kappa shape index (κ2) is 7.14. The van der Waals surface area contributed by atoms with Crippen LogP contribution in [0.15, 0.2) is 16.0 Å². The van der Waals surface area contributed by atoms with E-state index in [4.69, 9.17) is 13.3 Å². The summed E-state index contributed by atoms with van der Waals surface area (Å²) in [6.45, 7) is 14.3. The third-order valence-electron chi connectivity index (χ3n) is 1.94. The molecule has 0 unspecified atom stereocenters. The Hall–Kier alpha value is -0.256. The Morgan fingerprint density at radius 1 is 1.38 bits per heavy atom. The van der Waals surface area contributed by atoms with Crippen molar-refractivity contribution in [3.05, 3.63) is 23.7 Å². The largest absolute Gasteiger partial charge is 0.577 e. The van der Waals surface area contributed by atoms with Gasteiger partial charge < -0.3 is 16.9 Å². The number of anilines is 1. The van der Waals surface area contributed by atoms with Gasteiger partial charge in [-0.2, -0.15) is 6.72 Å². The van der Waals surface area contributed by atoms with Crippen LogP contribution in [0.5, 0.6) is 0 Å². The first-order chi connectivity index (χ1) is 7.08. The first-order valence-corrected chi connectivity index (χ1v) is 5.50. The van der Waals surface area contributed by atoms with E-state index in [-0.39, 0.29) is 38.5 Å². The van der Waals surface area contributed by atoms with Crippen molar-refractivity contribution in [2.45, 2.75) is 19.0 Å². The Labute approximate surface area is 125 Å². The van der Waals surface area contributed by atoms with Gasteiger partial charge in [-0.15, -0.1) is 0 Å². The number of hydrogen-bond donors (Lipinski definition) is 1. The molecule has 1 aromatic rings. The zero-order valence-corrected chi connectivity index (χ0v) is 13.1. The van der Waals surface area contributed by atoms with Crippen LogP contribution in [0.1, 0.15) is 11.3 Å². The summed E-state index contributed by atoms with van der Waals surface area (Å²) in [4.78, 5) is 11.9. The molecule has 0 aromatic carbocycles. The van der Waals surface area contributed by atoms with Crippen LogP contribution in [0, 0.1) is 20.4 Å². The molecule has 0 aliphatic carbocycles. The SMILES string of the molecule is [CH-]=NC(=[CH-])Nc1nc(SC)nc(C)c1C.[Y]. The average molecular weight is 309 g/mol. The van der Waals surface area contributed by atoms with Gasteiger partial charge in [0, 0.05) is 44.0 Å². The van der Waals surface area contributed by atoms with Crippen LogP contribution in [-0.2, 0) is 32.7 Å². The standard InChI is InChI=1S/C10H12N4S.Y/c1-6-7(2)12-10(15-5)14-9(6)13-8(3)11-4;/h3-4H,1-2,5H3,(H,12,13,14);/q-2;. The number of thioether (sulfide) groups is 1. The zero-order valence-electron chi connectivity index (χ0n) is 9.48. The van der Waals surface area contributed by atoms with Crippen molar-refractivity contribution in [3.63, 3.8) is 0 Å². The second-order valence-corrected chi connectivity index (χ2v) is 3.68. The molecule has 0 spiro atoms. The van der Waals surface area contributed by atoms with E-state index in [9.17, 15) is 0 Å². The van der Waals surface area contributed by atoms with Crippen LogP contribution in [0.2, 0.25) is 0 Å². The molecule has 4 nitrogen and oxygen atoms in total. The molecular formula is C10H12N4SY-2. The van der Waals surface area contributed by atoms with Gasteiger partial charge in [-0.25, -0.2) is 15.8 Å². The summed E-state index contributed by atoms with van der Waals surface area (Å²) in [6.07, 6.45) is 1.91. The Balaban J connectivity index is 0.00000225. The molecule has 0 saturated carbocycles. The molecule has 0 bridgehead atoms. The summed E-state index contributed by atoms with van der Waals surface area (Å²) in [5.41, 5.74) is 1.83. The van der Waals surface area contributed by atoms with E-state index in [2.05, 4.69) is 20.3 Å². The molecule has 0 amide bonds. The van der Waals surface area contributed by atoms with Gasteiger partial charge in [0.1, 0.15) is 5.82 Å².